The Kier molecular flexibility index (Phi) is 61.2. The van der Waals surface area contributed by atoms with E-state index < -0.39 is 12.1 Å². The van der Waals surface area contributed by atoms with Crippen LogP contribution in [0.1, 0.15) is 373 Å². The predicted octanol–water partition coefficient (Wildman–Crippen LogP) is 21.8. The molecule has 0 heterocycles. The molecule has 70 heavy (non-hydrogen) atoms. The van der Waals surface area contributed by atoms with Crippen molar-refractivity contribution < 1.29 is 15.0 Å². The number of allylic oxidation sites excluding steroid dienone is 3. The highest BCUT2D eigenvalue weighted by atomic mass is 16.3. The van der Waals surface area contributed by atoms with Crippen LogP contribution < -0.4 is 5.32 Å². The normalized spacial score (nSPS) is 12.8. The quantitative estimate of drug-likeness (QED) is 0.0420. The van der Waals surface area contributed by atoms with Gasteiger partial charge < -0.3 is 15.5 Å². The third-order valence-electron chi connectivity index (χ3n) is 15.4. The molecule has 0 aromatic carbocycles. The fraction of sp³-hybridized carbons (Fsp3) is 0.924. The Hall–Kier alpha value is -1.13. The highest BCUT2D eigenvalue weighted by molar-refractivity contribution is 5.76. The molecule has 3 N–H and O–H groups in total. The van der Waals surface area contributed by atoms with Crippen LogP contribution in [0, 0.1) is 0 Å². The molecular formula is C66H129NO3. The van der Waals surface area contributed by atoms with Crippen LogP contribution in [-0.4, -0.2) is 34.9 Å². The highest BCUT2D eigenvalue weighted by Gasteiger charge is 2.18. The number of amides is 1. The smallest absolute Gasteiger partial charge is 0.220 e. The Morgan fingerprint density at radius 1 is 0.329 bits per heavy atom. The Balaban J connectivity index is 3.44. The van der Waals surface area contributed by atoms with Crippen LogP contribution in [-0.2, 0) is 4.79 Å². The van der Waals surface area contributed by atoms with Crippen LogP contribution in [0.25, 0.3) is 0 Å². The van der Waals surface area contributed by atoms with E-state index in [0.29, 0.717) is 6.42 Å². The minimum Gasteiger partial charge on any atom is -0.394 e. The van der Waals surface area contributed by atoms with Crippen molar-refractivity contribution in [3.63, 3.8) is 0 Å². The van der Waals surface area contributed by atoms with Gasteiger partial charge in [0.25, 0.3) is 0 Å². The first-order chi connectivity index (χ1) is 34.7. The second-order valence-electron chi connectivity index (χ2n) is 22.5. The summed E-state index contributed by atoms with van der Waals surface area (Å²) >= 11 is 0. The predicted molar refractivity (Wildman–Crippen MR) is 313 cm³/mol. The van der Waals surface area contributed by atoms with Crippen molar-refractivity contribution in [1.29, 1.82) is 0 Å². The fourth-order valence-corrected chi connectivity index (χ4v) is 10.5. The van der Waals surface area contributed by atoms with Gasteiger partial charge in [0.15, 0.2) is 0 Å². The van der Waals surface area contributed by atoms with Crippen LogP contribution in [0.5, 0.6) is 0 Å². The Bertz CT molecular complexity index is 1020. The van der Waals surface area contributed by atoms with E-state index in [0.717, 1.165) is 32.1 Å². The standard InChI is InChI=1S/C66H129NO3/c1-3-5-7-9-11-13-15-17-19-21-23-25-27-29-31-32-33-34-36-38-40-42-44-46-48-50-52-54-56-58-60-62-66(70)67-64(63-68)65(69)61-59-57-55-53-51-49-47-45-43-41-39-37-35-30-28-26-24-22-20-18-16-14-12-10-8-6-4-2/h51,53,59,61,64-65,68-69H,3-50,52,54-58,60,62-63H2,1-2H3,(H,67,70)/b53-51+,61-59+. The largest absolute Gasteiger partial charge is 0.394 e. The van der Waals surface area contributed by atoms with Crippen LogP contribution >= 0.6 is 0 Å². The summed E-state index contributed by atoms with van der Waals surface area (Å²) in [7, 11) is 0. The molecule has 1 amide bonds. The van der Waals surface area contributed by atoms with Gasteiger partial charge in [0.2, 0.25) is 5.91 Å². The molecule has 0 radical (unpaired) electrons. The fourth-order valence-electron chi connectivity index (χ4n) is 10.5. The lowest BCUT2D eigenvalue weighted by molar-refractivity contribution is -0.123. The monoisotopic (exact) mass is 984 g/mol. The summed E-state index contributed by atoms with van der Waals surface area (Å²) in [6.07, 6.45) is 83.9. The average molecular weight is 985 g/mol. The number of nitrogens with one attached hydrogen (secondary N) is 1. The first kappa shape index (κ1) is 68.9. The van der Waals surface area contributed by atoms with Gasteiger partial charge in [-0.25, -0.2) is 0 Å². The number of aliphatic hydroxyl groups excluding tert-OH is 2. The summed E-state index contributed by atoms with van der Waals surface area (Å²) in [6.45, 7) is 4.35. The van der Waals surface area contributed by atoms with E-state index in [2.05, 4.69) is 31.3 Å². The molecule has 4 nitrogen and oxygen atoms in total. The summed E-state index contributed by atoms with van der Waals surface area (Å²) in [5, 5.41) is 23.2. The van der Waals surface area contributed by atoms with Gasteiger partial charge >= 0.3 is 0 Å². The molecule has 0 aliphatic carbocycles. The Labute approximate surface area is 440 Å². The maximum Gasteiger partial charge on any atom is 0.220 e. The third kappa shape index (κ3) is 57.8. The van der Waals surface area contributed by atoms with E-state index in [-0.39, 0.29) is 12.5 Å². The van der Waals surface area contributed by atoms with E-state index >= 15 is 0 Å². The second-order valence-corrected chi connectivity index (χ2v) is 22.5. The molecule has 416 valence electrons. The van der Waals surface area contributed by atoms with Crippen molar-refractivity contribution in [3.05, 3.63) is 24.3 Å². The molecule has 4 heteroatoms. The highest BCUT2D eigenvalue weighted by Crippen LogP contribution is 2.19. The van der Waals surface area contributed by atoms with E-state index in [4.69, 9.17) is 0 Å². The van der Waals surface area contributed by atoms with E-state index in [1.165, 1.54) is 321 Å². The SMILES string of the molecule is CCCCCCCCCCCCCCCCCCCCCCC/C=C/CC/C=C/C(O)C(CO)NC(=O)CCCCCCCCCCCCCCCCCCCCCCCCCCCCCCCCC. The van der Waals surface area contributed by atoms with Crippen molar-refractivity contribution in [2.24, 2.45) is 0 Å². The van der Waals surface area contributed by atoms with E-state index in [9.17, 15) is 15.0 Å². The van der Waals surface area contributed by atoms with Gasteiger partial charge in [0.1, 0.15) is 0 Å². The zero-order valence-electron chi connectivity index (χ0n) is 48.1. The maximum atomic E-state index is 12.5. The van der Waals surface area contributed by atoms with Gasteiger partial charge in [0, 0.05) is 6.42 Å². The number of carbonyl (C=O) groups excluding carboxylic acids is 1. The van der Waals surface area contributed by atoms with Crippen molar-refractivity contribution >= 4 is 5.91 Å². The zero-order valence-corrected chi connectivity index (χ0v) is 48.1. The number of rotatable bonds is 61. The Morgan fingerprint density at radius 3 is 0.829 bits per heavy atom. The molecule has 0 fully saturated rings. The van der Waals surface area contributed by atoms with Gasteiger partial charge in [-0.3, -0.25) is 4.79 Å². The molecule has 0 aromatic heterocycles. The summed E-state index contributed by atoms with van der Waals surface area (Å²) in [6, 6.07) is -0.637. The molecule has 0 aliphatic rings. The molecular weight excluding hydrogens is 855 g/mol. The molecule has 0 spiro atoms. The molecule has 0 bridgehead atoms. The first-order valence-electron chi connectivity index (χ1n) is 32.6. The van der Waals surface area contributed by atoms with Crippen LogP contribution in [0.2, 0.25) is 0 Å². The first-order valence-corrected chi connectivity index (χ1v) is 32.6. The number of unbranched alkanes of at least 4 members (excludes halogenated alkanes) is 52. The van der Waals surface area contributed by atoms with Crippen molar-refractivity contribution in [1.82, 2.24) is 5.32 Å². The van der Waals surface area contributed by atoms with Crippen LogP contribution in [0.4, 0.5) is 0 Å². The van der Waals surface area contributed by atoms with E-state index in [1.807, 2.05) is 6.08 Å². The molecule has 0 rings (SSSR count). The number of aliphatic hydroxyl groups is 2. The minimum absolute atomic E-state index is 0.0648. The van der Waals surface area contributed by atoms with E-state index in [1.54, 1.807) is 6.08 Å². The lowest BCUT2D eigenvalue weighted by Crippen LogP contribution is -2.45. The van der Waals surface area contributed by atoms with Crippen molar-refractivity contribution in [2.75, 3.05) is 6.61 Å². The number of hydrogen-bond acceptors (Lipinski definition) is 3. The second kappa shape index (κ2) is 62.2. The Morgan fingerprint density at radius 2 is 0.557 bits per heavy atom. The topological polar surface area (TPSA) is 69.6 Å². The summed E-state index contributed by atoms with van der Waals surface area (Å²) < 4.78 is 0. The number of carbonyl (C=O) groups is 1. The maximum absolute atomic E-state index is 12.5. The van der Waals surface area contributed by atoms with Crippen LogP contribution in [0.3, 0.4) is 0 Å². The van der Waals surface area contributed by atoms with Gasteiger partial charge in [-0.2, -0.15) is 0 Å². The molecule has 0 aliphatic heterocycles. The summed E-state index contributed by atoms with van der Waals surface area (Å²) in [4.78, 5) is 12.5. The summed E-state index contributed by atoms with van der Waals surface area (Å²) in [5.41, 5.74) is 0. The molecule has 2 unspecified atom stereocenters. The van der Waals surface area contributed by atoms with Gasteiger partial charge in [-0.15, -0.1) is 0 Å². The molecule has 2 atom stereocenters. The van der Waals surface area contributed by atoms with Crippen LogP contribution in [0.15, 0.2) is 24.3 Å². The minimum atomic E-state index is -0.861. The van der Waals surface area contributed by atoms with Crippen molar-refractivity contribution in [3.8, 4) is 0 Å². The molecule has 0 saturated heterocycles. The zero-order chi connectivity index (χ0) is 50.6. The number of hydrogen-bond donors (Lipinski definition) is 3. The molecule has 0 saturated carbocycles. The lowest BCUT2D eigenvalue weighted by Gasteiger charge is -2.19. The lowest BCUT2D eigenvalue weighted by atomic mass is 10.0. The van der Waals surface area contributed by atoms with Gasteiger partial charge in [-0.05, 0) is 32.1 Å². The molecule has 0 aromatic rings. The summed E-state index contributed by atoms with van der Waals surface area (Å²) in [5.74, 6) is -0.0648. The van der Waals surface area contributed by atoms with Gasteiger partial charge in [0.05, 0.1) is 18.8 Å². The third-order valence-corrected chi connectivity index (χ3v) is 15.4. The van der Waals surface area contributed by atoms with Crippen molar-refractivity contribution in [2.45, 2.75) is 386 Å². The average Bonchev–Trinajstić information content (AvgIpc) is 3.36. The van der Waals surface area contributed by atoms with Gasteiger partial charge in [-0.1, -0.05) is 359 Å².